The predicted molar refractivity (Wildman–Crippen MR) is 149 cm³/mol. The number of halogens is 1. The smallest absolute Gasteiger partial charge is 0.191 e. The van der Waals surface area contributed by atoms with E-state index in [-0.39, 0.29) is 29.4 Å². The molecule has 0 radical (unpaired) electrons. The second-order valence-corrected chi connectivity index (χ2v) is 10.00. The largest absolute Gasteiger partial charge is 0.381 e. The molecule has 0 saturated carbocycles. The van der Waals surface area contributed by atoms with Crippen molar-refractivity contribution in [3.05, 3.63) is 29.8 Å². The maximum atomic E-state index is 5.96. The van der Waals surface area contributed by atoms with Crippen molar-refractivity contribution < 1.29 is 9.47 Å². The molecule has 2 aliphatic heterocycles. The number of hydrogen-bond acceptors (Lipinski definition) is 4. The Bertz CT molecular complexity index is 691. The molecular formula is C26H45IN4O2. The fourth-order valence-electron chi connectivity index (χ4n) is 4.32. The Morgan fingerprint density at radius 1 is 1.09 bits per heavy atom. The molecule has 2 aliphatic rings. The van der Waals surface area contributed by atoms with Crippen molar-refractivity contribution in [2.45, 2.75) is 77.4 Å². The SMILES string of the molecule is CCNC(=NCCCOC1CCOCC1)NC1CCN(c2ccc(C(C)(C)C)cc2)CC1.I. The van der Waals surface area contributed by atoms with E-state index in [1.807, 2.05) is 0 Å². The van der Waals surface area contributed by atoms with Crippen LogP contribution in [0.5, 0.6) is 0 Å². The first-order valence-electron chi connectivity index (χ1n) is 12.6. The topological polar surface area (TPSA) is 58.1 Å². The lowest BCUT2D eigenvalue weighted by Crippen LogP contribution is -2.48. The molecule has 6 nitrogen and oxygen atoms in total. The van der Waals surface area contributed by atoms with Crippen molar-refractivity contribution in [3.8, 4) is 0 Å². The summed E-state index contributed by atoms with van der Waals surface area (Å²) in [6.45, 7) is 15.2. The summed E-state index contributed by atoms with van der Waals surface area (Å²) in [4.78, 5) is 7.28. The first-order valence-corrected chi connectivity index (χ1v) is 12.6. The molecule has 0 bridgehead atoms. The highest BCUT2D eigenvalue weighted by molar-refractivity contribution is 14.0. The molecule has 2 heterocycles. The van der Waals surface area contributed by atoms with Gasteiger partial charge in [-0.25, -0.2) is 0 Å². The van der Waals surface area contributed by atoms with Crippen molar-refractivity contribution in [1.29, 1.82) is 0 Å². The van der Waals surface area contributed by atoms with Gasteiger partial charge in [-0.1, -0.05) is 32.9 Å². The van der Waals surface area contributed by atoms with E-state index in [0.717, 1.165) is 84.1 Å². The van der Waals surface area contributed by atoms with Crippen molar-refractivity contribution in [1.82, 2.24) is 10.6 Å². The van der Waals surface area contributed by atoms with Crippen LogP contribution < -0.4 is 15.5 Å². The Labute approximate surface area is 218 Å². The van der Waals surface area contributed by atoms with Crippen LogP contribution in [0.4, 0.5) is 5.69 Å². The lowest BCUT2D eigenvalue weighted by atomic mass is 9.87. The molecule has 33 heavy (non-hydrogen) atoms. The Balaban J connectivity index is 0.00000385. The molecule has 0 atom stereocenters. The Hall–Kier alpha value is -1.06. The minimum atomic E-state index is 0. The Morgan fingerprint density at radius 2 is 1.76 bits per heavy atom. The molecule has 2 fully saturated rings. The number of ether oxygens (including phenoxy) is 2. The molecule has 0 spiro atoms. The highest BCUT2D eigenvalue weighted by Crippen LogP contribution is 2.26. The van der Waals surface area contributed by atoms with Gasteiger partial charge in [-0.05, 0) is 62.1 Å². The summed E-state index contributed by atoms with van der Waals surface area (Å²) in [6, 6.07) is 9.59. The van der Waals surface area contributed by atoms with E-state index in [4.69, 9.17) is 14.5 Å². The average Bonchev–Trinajstić information content (AvgIpc) is 2.80. The van der Waals surface area contributed by atoms with E-state index in [1.54, 1.807) is 0 Å². The fraction of sp³-hybridized carbons (Fsp3) is 0.731. The minimum Gasteiger partial charge on any atom is -0.381 e. The zero-order valence-electron chi connectivity index (χ0n) is 21.1. The predicted octanol–water partition coefficient (Wildman–Crippen LogP) is 4.71. The van der Waals surface area contributed by atoms with Crippen LogP contribution in [-0.2, 0) is 14.9 Å². The van der Waals surface area contributed by atoms with Crippen LogP contribution >= 0.6 is 24.0 Å². The van der Waals surface area contributed by atoms with Crippen LogP contribution in [0.2, 0.25) is 0 Å². The zero-order valence-corrected chi connectivity index (χ0v) is 23.4. The summed E-state index contributed by atoms with van der Waals surface area (Å²) in [5.41, 5.74) is 2.93. The van der Waals surface area contributed by atoms with Gasteiger partial charge in [0.2, 0.25) is 0 Å². The number of aliphatic imine (C=N–C) groups is 1. The van der Waals surface area contributed by atoms with E-state index < -0.39 is 0 Å². The summed E-state index contributed by atoms with van der Waals surface area (Å²) in [5.74, 6) is 0.937. The maximum absolute atomic E-state index is 5.96. The average molecular weight is 573 g/mol. The molecule has 1 aromatic rings. The highest BCUT2D eigenvalue weighted by atomic mass is 127. The van der Waals surface area contributed by atoms with Gasteiger partial charge < -0.3 is 25.0 Å². The Morgan fingerprint density at radius 3 is 2.36 bits per heavy atom. The van der Waals surface area contributed by atoms with Crippen molar-refractivity contribution in [2.24, 2.45) is 4.99 Å². The third kappa shape index (κ3) is 9.61. The van der Waals surface area contributed by atoms with Crippen molar-refractivity contribution in [2.75, 3.05) is 50.9 Å². The minimum absolute atomic E-state index is 0. The number of anilines is 1. The van der Waals surface area contributed by atoms with Gasteiger partial charge >= 0.3 is 0 Å². The van der Waals surface area contributed by atoms with Crippen molar-refractivity contribution in [3.63, 3.8) is 0 Å². The van der Waals surface area contributed by atoms with Crippen LogP contribution in [0.1, 0.15) is 65.4 Å². The highest BCUT2D eigenvalue weighted by Gasteiger charge is 2.21. The van der Waals surface area contributed by atoms with Gasteiger partial charge in [0.15, 0.2) is 5.96 Å². The second-order valence-electron chi connectivity index (χ2n) is 10.00. The van der Waals surface area contributed by atoms with E-state index >= 15 is 0 Å². The van der Waals surface area contributed by atoms with Gasteiger partial charge in [0.25, 0.3) is 0 Å². The number of piperidine rings is 1. The molecule has 3 rings (SSSR count). The summed E-state index contributed by atoms with van der Waals surface area (Å²) >= 11 is 0. The van der Waals surface area contributed by atoms with E-state index in [9.17, 15) is 0 Å². The van der Waals surface area contributed by atoms with E-state index in [1.165, 1.54) is 11.3 Å². The standard InChI is InChI=1S/C26H44N4O2.HI/c1-5-27-25(28-15-6-18-32-24-13-19-31-20-14-24)29-22-11-16-30(17-12-22)23-9-7-21(8-10-23)26(2,3)4;/h7-10,22,24H,5-6,11-20H2,1-4H3,(H2,27,28,29);1H. The van der Waals surface area contributed by atoms with Gasteiger partial charge in [0.05, 0.1) is 6.10 Å². The fourth-order valence-corrected chi connectivity index (χ4v) is 4.32. The number of rotatable bonds is 8. The molecule has 0 amide bonds. The van der Waals surface area contributed by atoms with E-state index in [0.29, 0.717) is 12.1 Å². The van der Waals surface area contributed by atoms with Gasteiger partial charge in [-0.2, -0.15) is 0 Å². The molecule has 0 aromatic heterocycles. The molecule has 188 valence electrons. The third-order valence-electron chi connectivity index (χ3n) is 6.37. The number of hydrogen-bond donors (Lipinski definition) is 2. The number of benzene rings is 1. The summed E-state index contributed by atoms with van der Waals surface area (Å²) in [6.07, 6.45) is 5.61. The maximum Gasteiger partial charge on any atom is 0.191 e. The summed E-state index contributed by atoms with van der Waals surface area (Å²) in [7, 11) is 0. The number of guanidine groups is 1. The normalized spacial score (nSPS) is 18.7. The van der Waals surface area contributed by atoms with Crippen molar-refractivity contribution >= 4 is 35.6 Å². The van der Waals surface area contributed by atoms with Gasteiger partial charge in [0.1, 0.15) is 0 Å². The number of nitrogens with one attached hydrogen (secondary N) is 2. The zero-order chi connectivity index (χ0) is 22.8. The molecule has 0 unspecified atom stereocenters. The molecule has 2 N–H and O–H groups in total. The van der Waals surface area contributed by atoms with Crippen LogP contribution in [-0.4, -0.2) is 64.1 Å². The van der Waals surface area contributed by atoms with Crippen LogP contribution in [0.15, 0.2) is 29.3 Å². The lowest BCUT2D eigenvalue weighted by Gasteiger charge is -2.35. The van der Waals surface area contributed by atoms with Gasteiger partial charge in [-0.3, -0.25) is 4.99 Å². The molecular weight excluding hydrogens is 527 g/mol. The van der Waals surface area contributed by atoms with E-state index in [2.05, 4.69) is 67.5 Å². The van der Waals surface area contributed by atoms with Gasteiger partial charge in [-0.15, -0.1) is 24.0 Å². The first-order chi connectivity index (χ1) is 15.5. The molecule has 0 aliphatic carbocycles. The first kappa shape index (κ1) is 28.2. The lowest BCUT2D eigenvalue weighted by molar-refractivity contribution is -0.0318. The quantitative estimate of drug-likeness (QED) is 0.205. The molecule has 2 saturated heterocycles. The van der Waals surface area contributed by atoms with Crippen LogP contribution in [0.3, 0.4) is 0 Å². The Kier molecular flexibility index (Phi) is 12.3. The molecule has 7 heteroatoms. The van der Waals surface area contributed by atoms with Crippen LogP contribution in [0.25, 0.3) is 0 Å². The summed E-state index contributed by atoms with van der Waals surface area (Å²) in [5, 5.41) is 7.05. The van der Waals surface area contributed by atoms with Crippen LogP contribution in [0, 0.1) is 0 Å². The number of nitrogens with zero attached hydrogens (tertiary/aromatic N) is 2. The van der Waals surface area contributed by atoms with Gasteiger partial charge in [0, 0.05) is 57.7 Å². The second kappa shape index (κ2) is 14.4. The molecule has 1 aromatic carbocycles. The third-order valence-corrected chi connectivity index (χ3v) is 6.37. The summed E-state index contributed by atoms with van der Waals surface area (Å²) < 4.78 is 11.3. The monoisotopic (exact) mass is 572 g/mol.